The van der Waals surface area contributed by atoms with Crippen molar-refractivity contribution < 1.29 is 0 Å². The second-order valence-electron chi connectivity index (χ2n) is 4.61. The van der Waals surface area contributed by atoms with E-state index in [-0.39, 0.29) is 0 Å². The molecule has 0 N–H and O–H groups in total. The van der Waals surface area contributed by atoms with Crippen molar-refractivity contribution in [2.45, 2.75) is 0 Å². The van der Waals surface area contributed by atoms with Crippen molar-refractivity contribution >= 4 is 11.6 Å². The molecular weight excluding hydrogens is 280 g/mol. The van der Waals surface area contributed by atoms with E-state index >= 15 is 0 Å². The fourth-order valence-electron chi connectivity index (χ4n) is 2.15. The van der Waals surface area contributed by atoms with Gasteiger partial charge in [0.2, 0.25) is 0 Å². The van der Waals surface area contributed by atoms with E-state index in [4.69, 9.17) is 11.6 Å². The maximum absolute atomic E-state index is 9.19. The van der Waals surface area contributed by atoms with Gasteiger partial charge in [0, 0.05) is 10.6 Å². The van der Waals surface area contributed by atoms with Crippen LogP contribution in [-0.2, 0) is 0 Å². The summed E-state index contributed by atoms with van der Waals surface area (Å²) in [6, 6.07) is 23.3. The first-order chi connectivity index (χ1) is 10.3. The van der Waals surface area contributed by atoms with Crippen molar-refractivity contribution in [2.75, 3.05) is 0 Å². The first-order valence-corrected chi connectivity index (χ1v) is 6.87. The highest BCUT2D eigenvalue weighted by Crippen LogP contribution is 2.26. The van der Waals surface area contributed by atoms with Crippen LogP contribution in [0.5, 0.6) is 0 Å². The van der Waals surface area contributed by atoms with E-state index < -0.39 is 0 Å². The van der Waals surface area contributed by atoms with Gasteiger partial charge in [0.1, 0.15) is 11.8 Å². The molecule has 0 atom stereocenters. The summed E-state index contributed by atoms with van der Waals surface area (Å²) in [5, 5.41) is 9.88. The molecule has 2 aromatic carbocycles. The molecule has 0 aliphatic carbocycles. The van der Waals surface area contributed by atoms with E-state index in [0.717, 1.165) is 22.4 Å². The summed E-state index contributed by atoms with van der Waals surface area (Å²) in [5.41, 5.74) is 4.15. The topological polar surface area (TPSA) is 36.7 Å². The lowest BCUT2D eigenvalue weighted by Gasteiger charge is -2.07. The molecule has 0 saturated heterocycles. The number of hydrogen-bond acceptors (Lipinski definition) is 2. The number of nitrogens with zero attached hydrogens (tertiary/aromatic N) is 2. The summed E-state index contributed by atoms with van der Waals surface area (Å²) in [6.45, 7) is 0. The Balaban J connectivity index is 2.14. The predicted molar refractivity (Wildman–Crippen MR) is 84.8 cm³/mol. The minimum Gasteiger partial charge on any atom is -0.237 e. The van der Waals surface area contributed by atoms with Crippen LogP contribution >= 0.6 is 11.6 Å². The molecule has 0 aliphatic heterocycles. The Morgan fingerprint density at radius 3 is 2.19 bits per heavy atom. The van der Waals surface area contributed by atoms with Gasteiger partial charge in [0.15, 0.2) is 0 Å². The molecule has 0 fully saturated rings. The zero-order chi connectivity index (χ0) is 14.7. The third kappa shape index (κ3) is 2.94. The Bertz CT molecular complexity index is 803. The maximum atomic E-state index is 9.19. The van der Waals surface area contributed by atoms with Gasteiger partial charge in [0.25, 0.3) is 0 Å². The van der Waals surface area contributed by atoms with Gasteiger partial charge < -0.3 is 0 Å². The van der Waals surface area contributed by atoms with Crippen molar-refractivity contribution in [3.63, 3.8) is 0 Å². The Kier molecular flexibility index (Phi) is 3.68. The predicted octanol–water partition coefficient (Wildman–Crippen LogP) is 4.94. The minimum absolute atomic E-state index is 0.404. The molecule has 0 bridgehead atoms. The van der Waals surface area contributed by atoms with Gasteiger partial charge >= 0.3 is 0 Å². The van der Waals surface area contributed by atoms with Gasteiger partial charge in [-0.1, -0.05) is 54.1 Å². The Labute approximate surface area is 128 Å². The first kappa shape index (κ1) is 13.4. The average molecular weight is 291 g/mol. The van der Waals surface area contributed by atoms with Crippen molar-refractivity contribution in [1.29, 1.82) is 5.26 Å². The van der Waals surface area contributed by atoms with E-state index in [2.05, 4.69) is 11.1 Å². The van der Waals surface area contributed by atoms with Crippen LogP contribution in [0, 0.1) is 11.3 Å². The van der Waals surface area contributed by atoms with Gasteiger partial charge in [-0.15, -0.1) is 0 Å². The van der Waals surface area contributed by atoms with E-state index in [9.17, 15) is 5.26 Å². The lowest BCUT2D eigenvalue weighted by Crippen LogP contribution is -1.90. The molecule has 0 spiro atoms. The number of hydrogen-bond donors (Lipinski definition) is 0. The smallest absolute Gasteiger partial charge is 0.141 e. The molecule has 0 saturated carbocycles. The number of rotatable bonds is 2. The van der Waals surface area contributed by atoms with Crippen LogP contribution in [0.25, 0.3) is 22.4 Å². The molecule has 100 valence electrons. The number of aromatic nitrogens is 1. The second kappa shape index (κ2) is 5.78. The Morgan fingerprint density at radius 1 is 0.810 bits per heavy atom. The standard InChI is InChI=1S/C18H11ClN2/c19-16-8-6-13(7-9-16)15-10-17(12-20)21-18(11-15)14-4-2-1-3-5-14/h1-11H. The molecule has 1 heterocycles. The van der Waals surface area contributed by atoms with Gasteiger partial charge in [-0.25, -0.2) is 4.98 Å². The lowest BCUT2D eigenvalue weighted by molar-refractivity contribution is 1.27. The summed E-state index contributed by atoms with van der Waals surface area (Å²) >= 11 is 5.92. The van der Waals surface area contributed by atoms with Crippen LogP contribution in [-0.4, -0.2) is 4.98 Å². The molecular formula is C18H11ClN2. The number of halogens is 1. The van der Waals surface area contributed by atoms with Crippen LogP contribution < -0.4 is 0 Å². The third-order valence-corrected chi connectivity index (χ3v) is 3.44. The van der Waals surface area contributed by atoms with Crippen LogP contribution in [0.15, 0.2) is 66.7 Å². The molecule has 0 unspecified atom stereocenters. The van der Waals surface area contributed by atoms with Crippen LogP contribution in [0.3, 0.4) is 0 Å². The molecule has 3 heteroatoms. The van der Waals surface area contributed by atoms with Crippen molar-refractivity contribution in [2.24, 2.45) is 0 Å². The van der Waals surface area contributed by atoms with E-state index in [0.29, 0.717) is 10.7 Å². The SMILES string of the molecule is N#Cc1cc(-c2ccc(Cl)cc2)cc(-c2ccccc2)n1. The van der Waals surface area contributed by atoms with Gasteiger partial charge in [-0.05, 0) is 35.4 Å². The largest absolute Gasteiger partial charge is 0.237 e. The van der Waals surface area contributed by atoms with E-state index in [1.807, 2.05) is 60.7 Å². The zero-order valence-electron chi connectivity index (χ0n) is 11.1. The third-order valence-electron chi connectivity index (χ3n) is 3.19. The molecule has 0 radical (unpaired) electrons. The Hall–Kier alpha value is -2.63. The molecule has 3 aromatic rings. The second-order valence-corrected chi connectivity index (χ2v) is 5.05. The van der Waals surface area contributed by atoms with Crippen LogP contribution in [0.4, 0.5) is 0 Å². The molecule has 2 nitrogen and oxygen atoms in total. The van der Waals surface area contributed by atoms with Crippen molar-refractivity contribution in [3.8, 4) is 28.5 Å². The van der Waals surface area contributed by atoms with Crippen LogP contribution in [0.2, 0.25) is 5.02 Å². The summed E-state index contributed by atoms with van der Waals surface area (Å²) in [4.78, 5) is 4.38. The normalized spacial score (nSPS) is 10.1. The summed E-state index contributed by atoms with van der Waals surface area (Å²) < 4.78 is 0. The fraction of sp³-hybridized carbons (Fsp3) is 0. The van der Waals surface area contributed by atoms with Gasteiger partial charge in [-0.2, -0.15) is 5.26 Å². The average Bonchev–Trinajstić information content (AvgIpc) is 2.56. The number of nitriles is 1. The maximum Gasteiger partial charge on any atom is 0.141 e. The number of pyridine rings is 1. The summed E-state index contributed by atoms with van der Waals surface area (Å²) in [6.07, 6.45) is 0. The van der Waals surface area contributed by atoms with E-state index in [1.54, 1.807) is 6.07 Å². The van der Waals surface area contributed by atoms with Crippen LogP contribution in [0.1, 0.15) is 5.69 Å². The quantitative estimate of drug-likeness (QED) is 0.670. The van der Waals surface area contributed by atoms with Gasteiger partial charge in [0.05, 0.1) is 5.69 Å². The van der Waals surface area contributed by atoms with Crippen molar-refractivity contribution in [3.05, 3.63) is 77.4 Å². The van der Waals surface area contributed by atoms with E-state index in [1.165, 1.54) is 0 Å². The molecule has 3 rings (SSSR count). The molecule has 1 aromatic heterocycles. The molecule has 0 aliphatic rings. The highest BCUT2D eigenvalue weighted by molar-refractivity contribution is 6.30. The summed E-state index contributed by atoms with van der Waals surface area (Å²) in [5.74, 6) is 0. The zero-order valence-corrected chi connectivity index (χ0v) is 11.9. The minimum atomic E-state index is 0.404. The fourth-order valence-corrected chi connectivity index (χ4v) is 2.28. The molecule has 0 amide bonds. The summed E-state index contributed by atoms with van der Waals surface area (Å²) in [7, 11) is 0. The monoisotopic (exact) mass is 290 g/mol. The number of benzene rings is 2. The van der Waals surface area contributed by atoms with Gasteiger partial charge in [-0.3, -0.25) is 0 Å². The molecule has 21 heavy (non-hydrogen) atoms. The lowest BCUT2D eigenvalue weighted by atomic mass is 10.0. The first-order valence-electron chi connectivity index (χ1n) is 6.50. The highest BCUT2D eigenvalue weighted by Gasteiger charge is 2.06. The highest BCUT2D eigenvalue weighted by atomic mass is 35.5. The van der Waals surface area contributed by atoms with Crippen molar-refractivity contribution in [1.82, 2.24) is 4.98 Å². The Morgan fingerprint density at radius 2 is 1.52 bits per heavy atom.